The van der Waals surface area contributed by atoms with E-state index in [-0.39, 0.29) is 6.61 Å². The molecule has 6 heteroatoms. The van der Waals surface area contributed by atoms with Gasteiger partial charge in [-0.3, -0.25) is 0 Å². The van der Waals surface area contributed by atoms with Gasteiger partial charge >= 0.3 is 5.97 Å². The first-order valence-electron chi connectivity index (χ1n) is 5.83. The molecule has 0 aliphatic carbocycles. The lowest BCUT2D eigenvalue weighted by Gasteiger charge is -2.24. The Morgan fingerprint density at radius 2 is 2.59 bits per heavy atom. The van der Waals surface area contributed by atoms with Crippen LogP contribution in [0.25, 0.3) is 0 Å². The summed E-state index contributed by atoms with van der Waals surface area (Å²) in [6.07, 6.45) is 2.45. The molecule has 0 fully saturated rings. The Morgan fingerprint density at radius 3 is 3.29 bits per heavy atom. The Balaban J connectivity index is 2.09. The van der Waals surface area contributed by atoms with E-state index in [1.807, 2.05) is 4.57 Å². The van der Waals surface area contributed by atoms with Gasteiger partial charge in [0.15, 0.2) is 5.69 Å². The fourth-order valence-corrected chi connectivity index (χ4v) is 1.95. The van der Waals surface area contributed by atoms with Crippen molar-refractivity contribution < 1.29 is 14.6 Å². The van der Waals surface area contributed by atoms with Crippen LogP contribution < -0.4 is 5.32 Å². The lowest BCUT2D eigenvalue weighted by molar-refractivity contribution is 0.0520. The lowest BCUT2D eigenvalue weighted by atomic mass is 10.1. The number of ether oxygens (including phenoxy) is 1. The number of esters is 1. The van der Waals surface area contributed by atoms with Crippen LogP contribution >= 0.6 is 0 Å². The normalized spacial score (nSPS) is 18.4. The topological polar surface area (TPSA) is 76.4 Å². The minimum atomic E-state index is -0.394. The molecule has 1 aromatic rings. The number of aliphatic hydroxyl groups is 1. The molecule has 0 amide bonds. The van der Waals surface area contributed by atoms with E-state index in [1.165, 1.54) is 0 Å². The molecular formula is C11H17N3O3. The minimum Gasteiger partial charge on any atom is -0.461 e. The molecule has 6 nitrogen and oxygen atoms in total. The number of hydrogen-bond donors (Lipinski definition) is 2. The van der Waals surface area contributed by atoms with Crippen molar-refractivity contribution in [3.63, 3.8) is 0 Å². The number of nitrogens with zero attached hydrogens (tertiary/aromatic N) is 2. The highest BCUT2D eigenvalue weighted by molar-refractivity contribution is 5.87. The van der Waals surface area contributed by atoms with Gasteiger partial charge in [-0.15, -0.1) is 0 Å². The number of rotatable bonds is 4. The monoisotopic (exact) mass is 239 g/mol. The SMILES string of the molecule is CCOC(=O)c1cn2c(n1)NCC(CCO)C2. The van der Waals surface area contributed by atoms with Crippen molar-refractivity contribution in [1.29, 1.82) is 0 Å². The van der Waals surface area contributed by atoms with Gasteiger partial charge in [-0.2, -0.15) is 0 Å². The van der Waals surface area contributed by atoms with Crippen molar-refractivity contribution in [2.75, 3.05) is 25.1 Å². The number of imidazole rings is 1. The predicted molar refractivity (Wildman–Crippen MR) is 61.9 cm³/mol. The number of anilines is 1. The maximum atomic E-state index is 11.5. The standard InChI is InChI=1S/C11H17N3O3/c1-2-17-10(16)9-7-14-6-8(3-4-15)5-12-11(14)13-9/h7-8,15H,2-6H2,1H3,(H,12,13). The summed E-state index contributed by atoms with van der Waals surface area (Å²) in [5.41, 5.74) is 0.332. The van der Waals surface area contributed by atoms with Gasteiger partial charge in [0.2, 0.25) is 5.95 Å². The van der Waals surface area contributed by atoms with Crippen molar-refractivity contribution in [3.8, 4) is 0 Å². The van der Waals surface area contributed by atoms with Gasteiger partial charge in [0.25, 0.3) is 0 Å². The van der Waals surface area contributed by atoms with Crippen LogP contribution in [0.3, 0.4) is 0 Å². The molecule has 1 unspecified atom stereocenters. The van der Waals surface area contributed by atoms with Crippen molar-refractivity contribution in [2.24, 2.45) is 5.92 Å². The van der Waals surface area contributed by atoms with E-state index in [2.05, 4.69) is 10.3 Å². The van der Waals surface area contributed by atoms with Crippen molar-refractivity contribution in [2.45, 2.75) is 19.9 Å². The summed E-state index contributed by atoms with van der Waals surface area (Å²) in [4.78, 5) is 15.7. The smallest absolute Gasteiger partial charge is 0.358 e. The quantitative estimate of drug-likeness (QED) is 0.747. The Labute approximate surface area is 99.6 Å². The highest BCUT2D eigenvalue weighted by Crippen LogP contribution is 2.20. The summed E-state index contributed by atoms with van der Waals surface area (Å²) >= 11 is 0. The van der Waals surface area contributed by atoms with Crippen molar-refractivity contribution in [1.82, 2.24) is 9.55 Å². The van der Waals surface area contributed by atoms with E-state index in [1.54, 1.807) is 13.1 Å². The third kappa shape index (κ3) is 2.58. The second-order valence-electron chi connectivity index (χ2n) is 4.08. The molecule has 0 spiro atoms. The van der Waals surface area contributed by atoms with Gasteiger partial charge in [-0.1, -0.05) is 0 Å². The minimum absolute atomic E-state index is 0.182. The summed E-state index contributed by atoms with van der Waals surface area (Å²) in [6, 6.07) is 0. The van der Waals surface area contributed by atoms with Crippen LogP contribution in [0.5, 0.6) is 0 Å². The molecule has 1 aliphatic heterocycles. The molecule has 1 aromatic heterocycles. The molecule has 94 valence electrons. The zero-order valence-corrected chi connectivity index (χ0v) is 9.85. The second kappa shape index (κ2) is 5.18. The third-order valence-electron chi connectivity index (χ3n) is 2.80. The molecule has 0 radical (unpaired) electrons. The number of nitrogens with one attached hydrogen (secondary N) is 1. The summed E-state index contributed by atoms with van der Waals surface area (Å²) in [5.74, 6) is 0.675. The van der Waals surface area contributed by atoms with Crippen LogP contribution in [0.4, 0.5) is 5.95 Å². The van der Waals surface area contributed by atoms with E-state index < -0.39 is 5.97 Å². The first kappa shape index (κ1) is 11.9. The number of hydrogen-bond acceptors (Lipinski definition) is 5. The van der Waals surface area contributed by atoms with Crippen LogP contribution in [-0.2, 0) is 11.3 Å². The van der Waals surface area contributed by atoms with Crippen LogP contribution in [0.1, 0.15) is 23.8 Å². The summed E-state index contributed by atoms with van der Waals surface area (Å²) in [5, 5.41) is 12.1. The van der Waals surface area contributed by atoms with Gasteiger partial charge < -0.3 is 19.7 Å². The van der Waals surface area contributed by atoms with Crippen molar-refractivity contribution >= 4 is 11.9 Å². The molecule has 0 aromatic carbocycles. The van der Waals surface area contributed by atoms with E-state index >= 15 is 0 Å². The molecule has 17 heavy (non-hydrogen) atoms. The van der Waals surface area contributed by atoms with Crippen molar-refractivity contribution in [3.05, 3.63) is 11.9 Å². The average Bonchev–Trinajstić information content (AvgIpc) is 2.73. The third-order valence-corrected chi connectivity index (χ3v) is 2.80. The highest BCUT2D eigenvalue weighted by atomic mass is 16.5. The molecule has 2 N–H and O–H groups in total. The lowest BCUT2D eigenvalue weighted by Crippen LogP contribution is -2.27. The highest BCUT2D eigenvalue weighted by Gasteiger charge is 2.21. The van der Waals surface area contributed by atoms with E-state index in [0.717, 1.165) is 19.5 Å². The predicted octanol–water partition coefficient (Wildman–Crippen LogP) is 0.484. The van der Waals surface area contributed by atoms with Crippen LogP contribution in [-0.4, -0.2) is 40.4 Å². The number of carbonyl (C=O) groups is 1. The Bertz CT molecular complexity index is 403. The van der Waals surface area contributed by atoms with Crippen LogP contribution in [0.2, 0.25) is 0 Å². The van der Waals surface area contributed by atoms with Gasteiger partial charge in [0.1, 0.15) is 0 Å². The fraction of sp³-hybridized carbons (Fsp3) is 0.636. The first-order valence-corrected chi connectivity index (χ1v) is 5.83. The summed E-state index contributed by atoms with van der Waals surface area (Å²) in [6.45, 7) is 3.85. The largest absolute Gasteiger partial charge is 0.461 e. The molecule has 2 heterocycles. The second-order valence-corrected chi connectivity index (χ2v) is 4.08. The van der Waals surface area contributed by atoms with Gasteiger partial charge in [-0.25, -0.2) is 9.78 Å². The molecular weight excluding hydrogens is 222 g/mol. The molecule has 1 aliphatic rings. The fourth-order valence-electron chi connectivity index (χ4n) is 1.95. The van der Waals surface area contributed by atoms with Gasteiger partial charge in [0, 0.05) is 25.9 Å². The summed E-state index contributed by atoms with van der Waals surface area (Å²) < 4.78 is 6.80. The van der Waals surface area contributed by atoms with E-state index in [9.17, 15) is 4.79 Å². The van der Waals surface area contributed by atoms with Gasteiger partial charge in [-0.05, 0) is 19.3 Å². The number of fused-ring (bicyclic) bond motifs is 1. The number of aromatic nitrogens is 2. The first-order chi connectivity index (χ1) is 8.24. The Hall–Kier alpha value is -1.56. The van der Waals surface area contributed by atoms with E-state index in [0.29, 0.717) is 24.2 Å². The Morgan fingerprint density at radius 1 is 1.76 bits per heavy atom. The molecule has 0 bridgehead atoms. The molecule has 0 saturated carbocycles. The zero-order chi connectivity index (χ0) is 12.3. The maximum absolute atomic E-state index is 11.5. The number of carbonyl (C=O) groups excluding carboxylic acids is 1. The molecule has 0 saturated heterocycles. The maximum Gasteiger partial charge on any atom is 0.358 e. The van der Waals surface area contributed by atoms with E-state index in [4.69, 9.17) is 9.84 Å². The average molecular weight is 239 g/mol. The van der Waals surface area contributed by atoms with Crippen LogP contribution in [0.15, 0.2) is 6.20 Å². The Kier molecular flexibility index (Phi) is 3.63. The molecule has 1 atom stereocenters. The van der Waals surface area contributed by atoms with Gasteiger partial charge in [0.05, 0.1) is 6.61 Å². The van der Waals surface area contributed by atoms with Crippen LogP contribution in [0, 0.1) is 5.92 Å². The number of aliphatic hydroxyl groups excluding tert-OH is 1. The summed E-state index contributed by atoms with van der Waals surface area (Å²) in [7, 11) is 0. The zero-order valence-electron chi connectivity index (χ0n) is 9.85. The molecule has 2 rings (SSSR count).